The van der Waals surface area contributed by atoms with Crippen LogP contribution in [0.2, 0.25) is 0 Å². The van der Waals surface area contributed by atoms with Gasteiger partial charge in [0.15, 0.2) is 34.7 Å². The van der Waals surface area contributed by atoms with Crippen LogP contribution in [0.3, 0.4) is 0 Å². The van der Waals surface area contributed by atoms with Crippen LogP contribution in [-0.4, -0.2) is 40.3 Å². The van der Waals surface area contributed by atoms with Gasteiger partial charge in [-0.25, -0.2) is 13.8 Å². The van der Waals surface area contributed by atoms with E-state index in [-0.39, 0.29) is 51.4 Å². The van der Waals surface area contributed by atoms with Crippen molar-refractivity contribution < 1.29 is 27.8 Å². The number of H-pyrrole nitrogens is 1. The maximum atomic E-state index is 14.1. The zero-order chi connectivity index (χ0) is 37.6. The first kappa shape index (κ1) is 35.6. The number of methoxy groups -OCH3 is 2. The summed E-state index contributed by atoms with van der Waals surface area (Å²) in [6, 6.07) is 28.5. The van der Waals surface area contributed by atoms with E-state index in [1.165, 1.54) is 50.9 Å². The van der Waals surface area contributed by atoms with Gasteiger partial charge in [-0.3, -0.25) is 19.2 Å². The van der Waals surface area contributed by atoms with Crippen LogP contribution in [0.5, 0.6) is 11.5 Å². The number of ether oxygens (including phenoxy) is 2. The molecule has 0 bridgehead atoms. The lowest BCUT2D eigenvalue weighted by molar-refractivity contribution is 0.102. The molecule has 3 heterocycles. The van der Waals surface area contributed by atoms with Crippen molar-refractivity contribution in [3.63, 3.8) is 0 Å². The fraction of sp³-hybridized carbons (Fsp3) is 0.0732. The van der Waals surface area contributed by atoms with Gasteiger partial charge in [-0.1, -0.05) is 30.3 Å². The lowest BCUT2D eigenvalue weighted by Crippen LogP contribution is -2.20. The van der Waals surface area contributed by atoms with Crippen LogP contribution in [0.4, 0.5) is 8.78 Å². The minimum atomic E-state index is -0.688. The summed E-state index contributed by atoms with van der Waals surface area (Å²) in [7, 11) is 2.67. The van der Waals surface area contributed by atoms with E-state index in [0.29, 0.717) is 27.5 Å². The highest BCUT2D eigenvalue weighted by atomic mass is 19.1. The molecule has 7 aromatic rings. The lowest BCUT2D eigenvalue weighted by atomic mass is 10.0. The zero-order valence-corrected chi connectivity index (χ0v) is 28.2. The molecule has 0 aliphatic rings. The van der Waals surface area contributed by atoms with Crippen LogP contribution in [-0.2, 0) is 6.54 Å². The van der Waals surface area contributed by atoms with Crippen LogP contribution in [0.1, 0.15) is 43.2 Å². The number of fused-ring (bicyclic) bond motifs is 2. The summed E-state index contributed by atoms with van der Waals surface area (Å²) in [5.74, 6) is -2.41. The average molecular weight is 711 g/mol. The molecule has 12 heteroatoms. The molecule has 0 unspecified atom stereocenters. The molecule has 0 fully saturated rings. The van der Waals surface area contributed by atoms with Gasteiger partial charge in [0.2, 0.25) is 10.9 Å². The van der Waals surface area contributed by atoms with Gasteiger partial charge >= 0.3 is 0 Å². The summed E-state index contributed by atoms with van der Waals surface area (Å²) in [6.45, 7) is 0.244. The van der Waals surface area contributed by atoms with Crippen molar-refractivity contribution in [2.24, 2.45) is 0 Å². The highest BCUT2D eigenvalue weighted by Gasteiger charge is 2.20. The van der Waals surface area contributed by atoms with E-state index < -0.39 is 28.6 Å². The normalized spacial score (nSPS) is 10.6. The van der Waals surface area contributed by atoms with E-state index in [1.807, 2.05) is 6.07 Å². The summed E-state index contributed by atoms with van der Waals surface area (Å²) in [5.41, 5.74) is 1.35. The Hall–Kier alpha value is -7.26. The molecular weight excluding hydrogens is 682 g/mol. The molecule has 262 valence electrons. The SMILES string of the molecule is COc1ccc(C(=O)c2c[nH]c3ccccc3c2=O)cc1F.COc1ccc(C(=O)c2cn(Cc3cccc(C#N)n3)c3ccccc3c2=O)cc1F. The number of para-hydroxylation sites is 2. The fourth-order valence-corrected chi connectivity index (χ4v) is 5.70. The second-order valence-corrected chi connectivity index (χ2v) is 11.6. The number of halogens is 2. The number of aromatic nitrogens is 3. The third-order valence-electron chi connectivity index (χ3n) is 8.35. The molecule has 53 heavy (non-hydrogen) atoms. The Labute approximate surface area is 300 Å². The van der Waals surface area contributed by atoms with Gasteiger partial charge in [-0.15, -0.1) is 0 Å². The number of carbonyl (C=O) groups excluding carboxylic acids is 2. The number of benzene rings is 4. The maximum Gasteiger partial charge on any atom is 0.200 e. The topological polar surface area (TPSA) is 144 Å². The molecule has 0 amide bonds. The predicted molar refractivity (Wildman–Crippen MR) is 194 cm³/mol. The first-order valence-electron chi connectivity index (χ1n) is 16.0. The fourth-order valence-electron chi connectivity index (χ4n) is 5.70. The standard InChI is InChI=1S/C24H16FN3O3.C17H12FNO3/c1-31-22-10-9-15(11-20(22)25)23(29)19-14-28(13-17-6-4-5-16(12-26)27-17)21-8-3-2-7-18(21)24(19)30;1-22-15-7-6-10(8-13(15)18)16(20)12-9-19-14-5-3-2-4-11(14)17(12)21/h2-11,14H,13H2,1H3;2-9H,1H3,(H,19,21). The monoisotopic (exact) mass is 710 g/mol. The summed E-state index contributed by atoms with van der Waals surface area (Å²) in [6.07, 6.45) is 2.81. The minimum Gasteiger partial charge on any atom is -0.494 e. The summed E-state index contributed by atoms with van der Waals surface area (Å²) >= 11 is 0. The van der Waals surface area contributed by atoms with Crippen molar-refractivity contribution in [2.75, 3.05) is 14.2 Å². The van der Waals surface area contributed by atoms with Crippen LogP contribution in [0, 0.1) is 23.0 Å². The number of rotatable bonds is 8. The Morgan fingerprint density at radius 3 is 1.96 bits per heavy atom. The average Bonchev–Trinajstić information content (AvgIpc) is 3.19. The highest BCUT2D eigenvalue weighted by Crippen LogP contribution is 2.22. The van der Waals surface area contributed by atoms with Gasteiger partial charge in [0.05, 0.1) is 43.1 Å². The number of nitriles is 1. The van der Waals surface area contributed by atoms with Gasteiger partial charge in [-0.05, 0) is 72.8 Å². The highest BCUT2D eigenvalue weighted by molar-refractivity contribution is 6.11. The quantitative estimate of drug-likeness (QED) is 0.174. The number of aromatic amines is 1. The number of ketones is 2. The summed E-state index contributed by atoms with van der Waals surface area (Å²) < 4.78 is 39.3. The van der Waals surface area contributed by atoms with Crippen molar-refractivity contribution in [3.8, 4) is 17.6 Å². The second-order valence-electron chi connectivity index (χ2n) is 11.6. The second kappa shape index (κ2) is 15.3. The van der Waals surface area contributed by atoms with Gasteiger partial charge < -0.3 is 19.0 Å². The molecule has 0 saturated heterocycles. The molecule has 0 radical (unpaired) electrons. The van der Waals surface area contributed by atoms with Crippen LogP contribution in [0.15, 0.2) is 125 Å². The van der Waals surface area contributed by atoms with Crippen molar-refractivity contribution in [1.29, 1.82) is 5.26 Å². The van der Waals surface area contributed by atoms with E-state index in [1.54, 1.807) is 71.3 Å². The number of hydrogen-bond acceptors (Lipinski definition) is 8. The van der Waals surface area contributed by atoms with Crippen LogP contribution in [0.25, 0.3) is 21.8 Å². The van der Waals surface area contributed by atoms with Crippen LogP contribution >= 0.6 is 0 Å². The molecular formula is C41H28F2N4O6. The third-order valence-corrected chi connectivity index (χ3v) is 8.35. The predicted octanol–water partition coefficient (Wildman–Crippen LogP) is 6.60. The largest absolute Gasteiger partial charge is 0.494 e. The van der Waals surface area contributed by atoms with E-state index in [2.05, 4.69) is 9.97 Å². The van der Waals surface area contributed by atoms with Crippen molar-refractivity contribution in [2.45, 2.75) is 6.54 Å². The van der Waals surface area contributed by atoms with Gasteiger partial charge in [-0.2, -0.15) is 5.26 Å². The molecule has 3 aromatic heterocycles. The van der Waals surface area contributed by atoms with Crippen molar-refractivity contribution in [3.05, 3.63) is 181 Å². The number of carbonyl (C=O) groups is 2. The smallest absolute Gasteiger partial charge is 0.200 e. The Balaban J connectivity index is 0.000000192. The van der Waals surface area contributed by atoms with E-state index >= 15 is 0 Å². The number of nitrogens with one attached hydrogen (secondary N) is 1. The molecule has 0 aliphatic heterocycles. The molecule has 0 aliphatic carbocycles. The minimum absolute atomic E-state index is 0.0101. The Morgan fingerprint density at radius 1 is 0.755 bits per heavy atom. The van der Waals surface area contributed by atoms with Crippen LogP contribution < -0.4 is 20.3 Å². The molecule has 0 saturated carbocycles. The van der Waals surface area contributed by atoms with E-state index in [0.717, 1.165) is 12.1 Å². The third kappa shape index (κ3) is 7.31. The lowest BCUT2D eigenvalue weighted by Gasteiger charge is -2.13. The molecule has 1 N–H and O–H groups in total. The number of hydrogen-bond donors (Lipinski definition) is 1. The summed E-state index contributed by atoms with van der Waals surface area (Å²) in [5, 5.41) is 9.87. The van der Waals surface area contributed by atoms with Crippen molar-refractivity contribution >= 4 is 33.4 Å². The number of nitrogens with zero attached hydrogens (tertiary/aromatic N) is 3. The van der Waals surface area contributed by atoms with Gasteiger partial charge in [0, 0.05) is 39.8 Å². The molecule has 0 atom stereocenters. The van der Waals surface area contributed by atoms with Gasteiger partial charge in [0.1, 0.15) is 11.8 Å². The Morgan fingerprint density at radius 2 is 1.34 bits per heavy atom. The van der Waals surface area contributed by atoms with E-state index in [4.69, 9.17) is 14.7 Å². The summed E-state index contributed by atoms with van der Waals surface area (Å²) in [4.78, 5) is 58.1. The Bertz CT molecular complexity index is 2720. The first-order valence-corrected chi connectivity index (χ1v) is 16.0. The number of pyridine rings is 3. The molecule has 0 spiro atoms. The Kier molecular flexibility index (Phi) is 10.3. The molecule has 10 nitrogen and oxygen atoms in total. The first-order chi connectivity index (χ1) is 25.6. The van der Waals surface area contributed by atoms with E-state index in [9.17, 15) is 28.0 Å². The maximum absolute atomic E-state index is 14.1. The molecule has 7 rings (SSSR count). The molecule has 4 aromatic carbocycles. The van der Waals surface area contributed by atoms with Gasteiger partial charge in [0.25, 0.3) is 0 Å². The van der Waals surface area contributed by atoms with Crippen molar-refractivity contribution in [1.82, 2.24) is 14.5 Å². The zero-order valence-electron chi connectivity index (χ0n) is 28.2.